The Morgan fingerprint density at radius 3 is 2.50 bits per heavy atom. The molecule has 0 saturated carbocycles. The summed E-state index contributed by atoms with van der Waals surface area (Å²) < 4.78 is 6.78. The first-order valence-electron chi connectivity index (χ1n) is 6.71. The van der Waals surface area contributed by atoms with Crippen LogP contribution in [0.2, 0.25) is 0 Å². The number of nitrogens with zero attached hydrogens (tertiary/aromatic N) is 1. The monoisotopic (exact) mass is 295 g/mol. The van der Waals surface area contributed by atoms with Crippen molar-refractivity contribution in [2.24, 2.45) is 0 Å². The van der Waals surface area contributed by atoms with E-state index in [0.29, 0.717) is 22.2 Å². The van der Waals surface area contributed by atoms with Crippen LogP contribution in [0, 0.1) is 0 Å². The van der Waals surface area contributed by atoms with Gasteiger partial charge in [-0.15, -0.1) is 0 Å². The lowest BCUT2D eigenvalue weighted by atomic mass is 10.2. The first-order valence-corrected chi connectivity index (χ1v) is 6.71. The van der Waals surface area contributed by atoms with Crippen LogP contribution in [0.4, 0.5) is 0 Å². The molecule has 0 radical (unpaired) electrons. The Morgan fingerprint density at radius 2 is 1.77 bits per heavy atom. The van der Waals surface area contributed by atoms with Crippen molar-refractivity contribution in [2.45, 2.75) is 0 Å². The molecule has 0 aliphatic carbocycles. The van der Waals surface area contributed by atoms with E-state index >= 15 is 0 Å². The average molecular weight is 295 g/mol. The number of rotatable bonds is 4. The lowest BCUT2D eigenvalue weighted by Crippen LogP contribution is -2.11. The zero-order valence-corrected chi connectivity index (χ0v) is 11.6. The van der Waals surface area contributed by atoms with Crippen LogP contribution in [0.1, 0.15) is 10.4 Å². The third-order valence-corrected chi connectivity index (χ3v) is 3.28. The molecule has 0 aliphatic rings. The molecule has 5 nitrogen and oxygen atoms in total. The summed E-state index contributed by atoms with van der Waals surface area (Å²) in [7, 11) is 0. The molecule has 0 spiro atoms. The lowest BCUT2D eigenvalue weighted by Gasteiger charge is -2.07. The highest BCUT2D eigenvalue weighted by Crippen LogP contribution is 2.27. The highest BCUT2D eigenvalue weighted by atomic mass is 16.5. The van der Waals surface area contributed by atoms with Crippen molar-refractivity contribution in [1.29, 1.82) is 0 Å². The van der Waals surface area contributed by atoms with Crippen molar-refractivity contribution < 1.29 is 19.4 Å². The predicted octanol–water partition coefficient (Wildman–Crippen LogP) is 2.79. The van der Waals surface area contributed by atoms with Crippen LogP contribution in [0.25, 0.3) is 10.9 Å². The second-order valence-corrected chi connectivity index (χ2v) is 4.73. The van der Waals surface area contributed by atoms with Gasteiger partial charge in [-0.1, -0.05) is 24.3 Å². The molecule has 0 unspecified atom stereocenters. The highest BCUT2D eigenvalue weighted by Gasteiger charge is 2.13. The summed E-state index contributed by atoms with van der Waals surface area (Å²) >= 11 is 0. The van der Waals surface area contributed by atoms with Gasteiger partial charge in [0.15, 0.2) is 6.61 Å². The molecule has 0 saturated heterocycles. The number of ether oxygens (including phenoxy) is 1. The van der Waals surface area contributed by atoms with E-state index < -0.39 is 12.6 Å². The van der Waals surface area contributed by atoms with Gasteiger partial charge in [0.1, 0.15) is 5.75 Å². The summed E-state index contributed by atoms with van der Waals surface area (Å²) in [4.78, 5) is 23.1. The van der Waals surface area contributed by atoms with Crippen LogP contribution < -0.4 is 4.74 Å². The molecule has 0 aliphatic heterocycles. The van der Waals surface area contributed by atoms with Gasteiger partial charge < -0.3 is 9.84 Å². The van der Waals surface area contributed by atoms with E-state index in [1.807, 2.05) is 6.07 Å². The van der Waals surface area contributed by atoms with E-state index in [4.69, 9.17) is 9.84 Å². The summed E-state index contributed by atoms with van der Waals surface area (Å²) in [6.07, 6.45) is 1.66. The first-order chi connectivity index (χ1) is 10.7. The molecular formula is C17H13NO4. The molecule has 110 valence electrons. The van der Waals surface area contributed by atoms with Gasteiger partial charge in [-0.05, 0) is 30.3 Å². The molecule has 1 aromatic heterocycles. The summed E-state index contributed by atoms with van der Waals surface area (Å²) in [5, 5.41) is 9.41. The maximum atomic E-state index is 12.5. The van der Waals surface area contributed by atoms with Crippen molar-refractivity contribution in [3.8, 4) is 5.75 Å². The number of carboxylic acid groups (broad SMARTS) is 1. The SMILES string of the molecule is O=C(O)COc1cccc2c1ccn2C(=O)c1ccccc1. The van der Waals surface area contributed by atoms with E-state index in [1.54, 1.807) is 54.7 Å². The number of aromatic nitrogens is 1. The van der Waals surface area contributed by atoms with Crippen LogP contribution in [-0.2, 0) is 4.79 Å². The zero-order chi connectivity index (χ0) is 15.5. The predicted molar refractivity (Wildman–Crippen MR) is 81.2 cm³/mol. The van der Waals surface area contributed by atoms with Crippen LogP contribution in [-0.4, -0.2) is 28.2 Å². The lowest BCUT2D eigenvalue weighted by molar-refractivity contribution is -0.139. The second-order valence-electron chi connectivity index (χ2n) is 4.73. The minimum Gasteiger partial charge on any atom is -0.481 e. The first kappa shape index (κ1) is 13.9. The van der Waals surface area contributed by atoms with Crippen LogP contribution in [0.15, 0.2) is 60.8 Å². The Kier molecular flexibility index (Phi) is 3.62. The molecule has 1 heterocycles. The molecule has 1 N–H and O–H groups in total. The fourth-order valence-electron chi connectivity index (χ4n) is 2.30. The highest BCUT2D eigenvalue weighted by molar-refractivity contribution is 6.03. The quantitative estimate of drug-likeness (QED) is 0.803. The number of carbonyl (C=O) groups excluding carboxylic acids is 1. The third kappa shape index (κ3) is 2.56. The molecule has 0 fully saturated rings. The summed E-state index contributed by atoms with van der Waals surface area (Å²) in [5.41, 5.74) is 1.26. The van der Waals surface area contributed by atoms with Gasteiger partial charge in [0.25, 0.3) is 5.91 Å². The van der Waals surface area contributed by atoms with E-state index in [0.717, 1.165) is 0 Å². The van der Waals surface area contributed by atoms with Crippen LogP contribution in [0.3, 0.4) is 0 Å². The van der Waals surface area contributed by atoms with Gasteiger partial charge in [-0.2, -0.15) is 0 Å². The smallest absolute Gasteiger partial charge is 0.341 e. The normalized spacial score (nSPS) is 10.5. The molecule has 0 bridgehead atoms. The van der Waals surface area contributed by atoms with Crippen molar-refractivity contribution in [1.82, 2.24) is 4.57 Å². The number of carbonyl (C=O) groups is 2. The maximum Gasteiger partial charge on any atom is 0.341 e. The number of hydrogen-bond acceptors (Lipinski definition) is 3. The molecule has 0 amide bonds. The van der Waals surface area contributed by atoms with Crippen molar-refractivity contribution in [2.75, 3.05) is 6.61 Å². The molecule has 3 rings (SSSR count). The van der Waals surface area contributed by atoms with E-state index in [1.165, 1.54) is 4.57 Å². The molecular weight excluding hydrogens is 282 g/mol. The topological polar surface area (TPSA) is 68.5 Å². The fraction of sp³-hybridized carbons (Fsp3) is 0.0588. The van der Waals surface area contributed by atoms with Crippen LogP contribution >= 0.6 is 0 Å². The molecule has 22 heavy (non-hydrogen) atoms. The largest absolute Gasteiger partial charge is 0.481 e. The molecule has 0 atom stereocenters. The number of hydrogen-bond donors (Lipinski definition) is 1. The van der Waals surface area contributed by atoms with Gasteiger partial charge in [0.05, 0.1) is 5.52 Å². The van der Waals surface area contributed by atoms with Gasteiger partial charge >= 0.3 is 5.97 Å². The van der Waals surface area contributed by atoms with Gasteiger partial charge in [-0.3, -0.25) is 9.36 Å². The molecule has 5 heteroatoms. The number of aliphatic carboxylic acids is 1. The van der Waals surface area contributed by atoms with Gasteiger partial charge in [0, 0.05) is 17.1 Å². The van der Waals surface area contributed by atoms with Crippen LogP contribution in [0.5, 0.6) is 5.75 Å². The average Bonchev–Trinajstić information content (AvgIpc) is 2.97. The Labute approximate surface area is 126 Å². The van der Waals surface area contributed by atoms with Crippen molar-refractivity contribution in [3.63, 3.8) is 0 Å². The Hall–Kier alpha value is -3.08. The number of benzene rings is 2. The molecule has 2 aromatic carbocycles. The minimum atomic E-state index is -1.04. The number of carboxylic acids is 1. The Balaban J connectivity index is 2.01. The second kappa shape index (κ2) is 5.73. The van der Waals surface area contributed by atoms with Crippen molar-refractivity contribution in [3.05, 3.63) is 66.4 Å². The summed E-state index contributed by atoms with van der Waals surface area (Å²) in [6.45, 7) is -0.420. The van der Waals surface area contributed by atoms with Gasteiger partial charge in [0.2, 0.25) is 0 Å². The minimum absolute atomic E-state index is 0.147. The van der Waals surface area contributed by atoms with E-state index in [9.17, 15) is 9.59 Å². The van der Waals surface area contributed by atoms with E-state index in [-0.39, 0.29) is 5.91 Å². The third-order valence-electron chi connectivity index (χ3n) is 3.28. The Bertz CT molecular complexity index is 836. The zero-order valence-electron chi connectivity index (χ0n) is 11.6. The summed E-state index contributed by atoms with van der Waals surface area (Å²) in [5.74, 6) is -0.748. The van der Waals surface area contributed by atoms with Crippen molar-refractivity contribution >= 4 is 22.8 Å². The molecule has 3 aromatic rings. The Morgan fingerprint density at radius 1 is 1.00 bits per heavy atom. The number of fused-ring (bicyclic) bond motifs is 1. The summed E-state index contributed by atoms with van der Waals surface area (Å²) in [6, 6.07) is 15.9. The standard InChI is InChI=1S/C17H13NO4/c19-16(20)11-22-15-8-4-7-14-13(15)9-10-18(14)17(21)12-5-2-1-3-6-12/h1-10H,11H2,(H,19,20). The van der Waals surface area contributed by atoms with E-state index in [2.05, 4.69) is 0 Å². The van der Waals surface area contributed by atoms with Gasteiger partial charge in [-0.25, -0.2) is 4.79 Å². The maximum absolute atomic E-state index is 12.5. The fourth-order valence-corrected chi connectivity index (χ4v) is 2.30.